The molecule has 1 amide bonds. The molecule has 1 aromatic carbocycles. The zero-order chi connectivity index (χ0) is 20.2. The van der Waals surface area contributed by atoms with Crippen molar-refractivity contribution in [1.29, 1.82) is 0 Å². The molecule has 2 rings (SSSR count). The Morgan fingerprint density at radius 2 is 1.93 bits per heavy atom. The van der Waals surface area contributed by atoms with Gasteiger partial charge >= 0.3 is 5.97 Å². The van der Waals surface area contributed by atoms with Crippen LogP contribution in [0.25, 0.3) is 0 Å². The summed E-state index contributed by atoms with van der Waals surface area (Å²) in [6.45, 7) is 4.54. The number of anilines is 1. The molecule has 10 heteroatoms. The molecule has 27 heavy (non-hydrogen) atoms. The Kier molecular flexibility index (Phi) is 6.34. The molecule has 1 heterocycles. The summed E-state index contributed by atoms with van der Waals surface area (Å²) < 4.78 is 32.2. The number of hydrogen-bond acceptors (Lipinski definition) is 6. The molecular weight excluding hydrogens is 372 g/mol. The van der Waals surface area contributed by atoms with Gasteiger partial charge in [0.15, 0.2) is 0 Å². The lowest BCUT2D eigenvalue weighted by Gasteiger charge is -2.23. The minimum Gasteiger partial charge on any atom is -0.465 e. The van der Waals surface area contributed by atoms with E-state index in [0.717, 1.165) is 0 Å². The highest BCUT2D eigenvalue weighted by Crippen LogP contribution is 2.21. The Balaban J connectivity index is 2.20. The second-order valence-electron chi connectivity index (χ2n) is 5.84. The van der Waals surface area contributed by atoms with Crippen molar-refractivity contribution in [2.45, 2.75) is 25.7 Å². The van der Waals surface area contributed by atoms with Crippen LogP contribution in [0, 0.1) is 13.8 Å². The van der Waals surface area contributed by atoms with E-state index in [0.29, 0.717) is 17.1 Å². The van der Waals surface area contributed by atoms with Crippen molar-refractivity contribution >= 4 is 27.6 Å². The summed E-state index contributed by atoms with van der Waals surface area (Å²) in [5.41, 5.74) is 1.37. The van der Waals surface area contributed by atoms with Crippen molar-refractivity contribution in [3.05, 3.63) is 41.2 Å². The van der Waals surface area contributed by atoms with Crippen molar-refractivity contribution in [1.82, 2.24) is 14.9 Å². The van der Waals surface area contributed by atoms with E-state index < -0.39 is 16.0 Å². The van der Waals surface area contributed by atoms with Crippen molar-refractivity contribution < 1.29 is 22.7 Å². The number of aromatic amines is 1. The Hall–Kier alpha value is -2.72. The molecule has 0 bridgehead atoms. The molecule has 0 spiro atoms. The summed E-state index contributed by atoms with van der Waals surface area (Å²) in [5, 5.41) is 6.51. The third-order valence-corrected chi connectivity index (χ3v) is 5.66. The average molecular weight is 394 g/mol. The van der Waals surface area contributed by atoms with Gasteiger partial charge < -0.3 is 9.64 Å². The largest absolute Gasteiger partial charge is 0.465 e. The maximum Gasteiger partial charge on any atom is 0.339 e. The standard InChI is InChI=1S/C17H22N4O5S/c1-11-16(12(2)20-19-11)27(24,25)18-9-10-21(13(3)22)15-8-6-5-7-14(15)17(23)26-4/h5-8,18H,9-10H2,1-4H3,(H,19,20). The number of rotatable bonds is 7. The molecule has 0 aliphatic heterocycles. The van der Waals surface area contributed by atoms with Crippen molar-refractivity contribution in [2.75, 3.05) is 25.1 Å². The fourth-order valence-electron chi connectivity index (χ4n) is 2.74. The summed E-state index contributed by atoms with van der Waals surface area (Å²) in [4.78, 5) is 25.4. The second-order valence-corrected chi connectivity index (χ2v) is 7.54. The van der Waals surface area contributed by atoms with Gasteiger partial charge in [0, 0.05) is 20.0 Å². The Morgan fingerprint density at radius 3 is 2.48 bits per heavy atom. The van der Waals surface area contributed by atoms with E-state index in [2.05, 4.69) is 14.9 Å². The lowest BCUT2D eigenvalue weighted by Crippen LogP contribution is -2.38. The molecule has 0 aliphatic carbocycles. The zero-order valence-corrected chi connectivity index (χ0v) is 16.4. The summed E-state index contributed by atoms with van der Waals surface area (Å²) in [7, 11) is -2.54. The fourth-order valence-corrected chi connectivity index (χ4v) is 4.13. The number of hydrogen-bond donors (Lipinski definition) is 2. The number of para-hydroxylation sites is 1. The van der Waals surface area contributed by atoms with Crippen molar-refractivity contribution in [3.8, 4) is 0 Å². The van der Waals surface area contributed by atoms with Gasteiger partial charge in [-0.05, 0) is 26.0 Å². The molecule has 2 aromatic rings. The first-order chi connectivity index (χ1) is 12.7. The smallest absolute Gasteiger partial charge is 0.339 e. The molecule has 0 saturated heterocycles. The number of carbonyl (C=O) groups is 2. The van der Waals surface area contributed by atoms with Crippen LogP contribution in [0.15, 0.2) is 29.2 Å². The average Bonchev–Trinajstić information content (AvgIpc) is 2.97. The number of amides is 1. The van der Waals surface area contributed by atoms with E-state index in [1.165, 1.54) is 18.9 Å². The first-order valence-electron chi connectivity index (χ1n) is 8.15. The number of H-pyrrole nitrogens is 1. The van der Waals surface area contributed by atoms with E-state index in [1.807, 2.05) is 0 Å². The number of benzene rings is 1. The maximum atomic E-state index is 12.5. The Bertz CT molecular complexity index is 932. The third kappa shape index (κ3) is 4.52. The lowest BCUT2D eigenvalue weighted by atomic mass is 10.1. The van der Waals surface area contributed by atoms with Crippen LogP contribution < -0.4 is 9.62 Å². The topological polar surface area (TPSA) is 121 Å². The van der Waals surface area contributed by atoms with Gasteiger partial charge in [-0.3, -0.25) is 9.89 Å². The highest BCUT2D eigenvalue weighted by Gasteiger charge is 2.24. The van der Waals surface area contributed by atoms with Crippen molar-refractivity contribution in [3.63, 3.8) is 0 Å². The van der Waals surface area contributed by atoms with Gasteiger partial charge in [-0.1, -0.05) is 12.1 Å². The van der Waals surface area contributed by atoms with Crippen LogP contribution in [0.3, 0.4) is 0 Å². The molecule has 0 saturated carbocycles. The van der Waals surface area contributed by atoms with Crippen LogP contribution in [-0.2, 0) is 19.6 Å². The van der Waals surface area contributed by atoms with Crippen LogP contribution in [0.2, 0.25) is 0 Å². The number of aryl methyl sites for hydroxylation is 2. The Morgan fingerprint density at radius 1 is 1.26 bits per heavy atom. The number of ether oxygens (including phenoxy) is 1. The van der Waals surface area contributed by atoms with Gasteiger partial charge in [0.2, 0.25) is 15.9 Å². The predicted octanol–water partition coefficient (Wildman–Crippen LogP) is 1.14. The predicted molar refractivity (Wildman–Crippen MR) is 99.1 cm³/mol. The van der Waals surface area contributed by atoms with Gasteiger partial charge in [0.05, 0.1) is 29.7 Å². The number of nitrogens with one attached hydrogen (secondary N) is 2. The first kappa shape index (κ1) is 20.6. The quantitative estimate of drug-likeness (QED) is 0.679. The molecular formula is C17H22N4O5S. The number of nitrogens with zero attached hydrogens (tertiary/aromatic N) is 2. The summed E-state index contributed by atoms with van der Waals surface area (Å²) in [6.07, 6.45) is 0. The van der Waals surface area contributed by atoms with E-state index >= 15 is 0 Å². The van der Waals surface area contributed by atoms with E-state index in [9.17, 15) is 18.0 Å². The first-order valence-corrected chi connectivity index (χ1v) is 9.64. The number of carbonyl (C=O) groups excluding carboxylic acids is 2. The maximum absolute atomic E-state index is 12.5. The van der Waals surface area contributed by atoms with Gasteiger partial charge in [-0.15, -0.1) is 0 Å². The van der Waals surface area contributed by atoms with Crippen molar-refractivity contribution in [2.24, 2.45) is 0 Å². The Labute approximate surface area is 157 Å². The third-order valence-electron chi connectivity index (χ3n) is 3.94. The van der Waals surface area contributed by atoms with Gasteiger partial charge in [-0.2, -0.15) is 5.10 Å². The van der Waals surface area contributed by atoms with E-state index in [1.54, 1.807) is 38.1 Å². The molecule has 0 radical (unpaired) electrons. The van der Waals surface area contributed by atoms with Crippen LogP contribution in [0.4, 0.5) is 5.69 Å². The molecule has 2 N–H and O–H groups in total. The van der Waals surface area contributed by atoms with E-state index in [4.69, 9.17) is 4.74 Å². The monoisotopic (exact) mass is 394 g/mol. The lowest BCUT2D eigenvalue weighted by molar-refractivity contribution is -0.116. The van der Waals surface area contributed by atoms with E-state index in [-0.39, 0.29) is 29.5 Å². The van der Waals surface area contributed by atoms with Crippen LogP contribution >= 0.6 is 0 Å². The van der Waals surface area contributed by atoms with Gasteiger partial charge in [0.1, 0.15) is 4.90 Å². The molecule has 1 aromatic heterocycles. The molecule has 146 valence electrons. The zero-order valence-electron chi connectivity index (χ0n) is 15.6. The highest BCUT2D eigenvalue weighted by molar-refractivity contribution is 7.89. The normalized spacial score (nSPS) is 11.3. The molecule has 0 atom stereocenters. The van der Waals surface area contributed by atoms with Crippen LogP contribution in [0.1, 0.15) is 28.7 Å². The summed E-state index contributed by atoms with van der Waals surface area (Å²) in [6, 6.07) is 6.48. The molecule has 0 aliphatic rings. The number of esters is 1. The molecule has 0 fully saturated rings. The van der Waals surface area contributed by atoms with Gasteiger partial charge in [0.25, 0.3) is 0 Å². The number of aromatic nitrogens is 2. The molecule has 0 unspecified atom stereocenters. The van der Waals surface area contributed by atoms with Gasteiger partial charge in [-0.25, -0.2) is 17.9 Å². The van der Waals surface area contributed by atoms with Crippen LogP contribution in [-0.4, -0.2) is 50.7 Å². The second kappa shape index (κ2) is 8.31. The minimum atomic E-state index is -3.79. The molecule has 9 nitrogen and oxygen atoms in total. The number of methoxy groups -OCH3 is 1. The van der Waals surface area contributed by atoms with Crippen LogP contribution in [0.5, 0.6) is 0 Å². The SMILES string of the molecule is COC(=O)c1ccccc1N(CCNS(=O)(=O)c1c(C)n[nH]c1C)C(C)=O. The highest BCUT2D eigenvalue weighted by atomic mass is 32.2. The summed E-state index contributed by atoms with van der Waals surface area (Å²) in [5.74, 6) is -0.914. The summed E-state index contributed by atoms with van der Waals surface area (Å²) >= 11 is 0. The number of sulfonamides is 1. The fraction of sp³-hybridized carbons (Fsp3) is 0.353. The minimum absolute atomic E-state index is 0.0402.